The highest BCUT2D eigenvalue weighted by Gasteiger charge is 2.43. The molecule has 2 saturated heterocycles. The molecular weight excluding hydrogens is 342 g/mol. The molecule has 2 atom stereocenters. The van der Waals surface area contributed by atoms with Gasteiger partial charge >= 0.3 is 0 Å². The summed E-state index contributed by atoms with van der Waals surface area (Å²) in [6.07, 6.45) is 0.883. The number of ether oxygens (including phenoxy) is 1. The molecule has 138 valence electrons. The molecule has 7 nitrogen and oxygen atoms in total. The summed E-state index contributed by atoms with van der Waals surface area (Å²) >= 11 is 0. The lowest BCUT2D eigenvalue weighted by molar-refractivity contribution is 0.0922. The van der Waals surface area contributed by atoms with E-state index in [4.69, 9.17) is 4.74 Å². The van der Waals surface area contributed by atoms with Crippen molar-refractivity contribution in [3.8, 4) is 0 Å². The van der Waals surface area contributed by atoms with Gasteiger partial charge in [0.25, 0.3) is 5.91 Å². The van der Waals surface area contributed by atoms with Gasteiger partial charge in [0.1, 0.15) is 0 Å². The Balaban J connectivity index is 1.73. The molecule has 0 radical (unpaired) electrons. The molecule has 1 aromatic carbocycles. The van der Waals surface area contributed by atoms with E-state index in [2.05, 4.69) is 10.6 Å². The molecule has 2 fully saturated rings. The monoisotopic (exact) mass is 367 g/mol. The summed E-state index contributed by atoms with van der Waals surface area (Å²) in [6, 6.07) is 6.28. The van der Waals surface area contributed by atoms with E-state index in [-0.39, 0.29) is 16.8 Å². The average molecular weight is 367 g/mol. The summed E-state index contributed by atoms with van der Waals surface area (Å²) in [4.78, 5) is 12.4. The maximum atomic E-state index is 13.0. The number of carbonyl (C=O) groups excluding carboxylic acids is 1. The maximum Gasteiger partial charge on any atom is 0.251 e. The highest BCUT2D eigenvalue weighted by molar-refractivity contribution is 7.89. The van der Waals surface area contributed by atoms with Crippen LogP contribution in [0, 0.1) is 5.92 Å². The van der Waals surface area contributed by atoms with Crippen LogP contribution in [0.3, 0.4) is 0 Å². The highest BCUT2D eigenvalue weighted by atomic mass is 32.2. The van der Waals surface area contributed by atoms with Crippen molar-refractivity contribution in [1.29, 1.82) is 0 Å². The molecule has 2 N–H and O–H groups in total. The van der Waals surface area contributed by atoms with Crippen LogP contribution in [0.4, 0.5) is 0 Å². The second-order valence-corrected chi connectivity index (χ2v) is 8.26. The molecule has 8 heteroatoms. The third-order valence-electron chi connectivity index (χ3n) is 4.83. The first-order chi connectivity index (χ1) is 12.0. The van der Waals surface area contributed by atoms with Gasteiger partial charge in [-0.25, -0.2) is 8.42 Å². The van der Waals surface area contributed by atoms with Crippen molar-refractivity contribution in [3.05, 3.63) is 29.8 Å². The van der Waals surface area contributed by atoms with Gasteiger partial charge in [0.05, 0.1) is 11.5 Å². The normalized spacial score (nSPS) is 23.6. The van der Waals surface area contributed by atoms with Gasteiger partial charge in [-0.2, -0.15) is 4.31 Å². The Hall–Kier alpha value is -1.48. The molecule has 0 unspecified atom stereocenters. The van der Waals surface area contributed by atoms with Crippen LogP contribution in [-0.2, 0) is 14.8 Å². The van der Waals surface area contributed by atoms with Crippen molar-refractivity contribution in [2.45, 2.75) is 24.3 Å². The largest absolute Gasteiger partial charge is 0.380 e. The number of amides is 1. The Morgan fingerprint density at radius 3 is 3.04 bits per heavy atom. The molecule has 0 aliphatic carbocycles. The lowest BCUT2D eigenvalue weighted by Gasteiger charge is -2.23. The molecule has 3 rings (SSSR count). The molecule has 1 aromatic rings. The van der Waals surface area contributed by atoms with E-state index >= 15 is 0 Å². The topological polar surface area (TPSA) is 87.7 Å². The number of hydrogen-bond donors (Lipinski definition) is 2. The van der Waals surface area contributed by atoms with Crippen molar-refractivity contribution in [1.82, 2.24) is 14.9 Å². The molecule has 2 aliphatic rings. The van der Waals surface area contributed by atoms with E-state index in [1.54, 1.807) is 22.5 Å². The standard InChI is InChI=1S/C17H25N3O4S/c1-2-24-9-7-19-17(21)13-4-3-5-15(10-13)25(22,23)20-8-6-14-11-18-12-16(14)20/h3-5,10,14,16,18H,2,6-9,11-12H2,1H3,(H,19,21)/t14-,16+/m1/s1. The predicted octanol–water partition coefficient (Wildman–Crippen LogP) is 0.435. The van der Waals surface area contributed by atoms with Crippen molar-refractivity contribution < 1.29 is 17.9 Å². The first-order valence-corrected chi connectivity index (χ1v) is 10.2. The first kappa shape index (κ1) is 18.3. The molecule has 25 heavy (non-hydrogen) atoms. The van der Waals surface area contributed by atoms with Gasteiger partial charge in [0, 0.05) is 37.8 Å². The molecule has 0 aromatic heterocycles. The zero-order valence-electron chi connectivity index (χ0n) is 14.4. The van der Waals surface area contributed by atoms with Crippen molar-refractivity contribution >= 4 is 15.9 Å². The van der Waals surface area contributed by atoms with Gasteiger partial charge in [-0.1, -0.05) is 6.07 Å². The van der Waals surface area contributed by atoms with Crippen LogP contribution >= 0.6 is 0 Å². The number of nitrogens with one attached hydrogen (secondary N) is 2. The maximum absolute atomic E-state index is 13.0. The van der Waals surface area contributed by atoms with E-state index < -0.39 is 10.0 Å². The smallest absolute Gasteiger partial charge is 0.251 e. The fourth-order valence-electron chi connectivity index (χ4n) is 3.52. The second kappa shape index (κ2) is 7.82. The van der Waals surface area contributed by atoms with Crippen molar-refractivity contribution in [2.75, 3.05) is 39.4 Å². The molecule has 1 amide bonds. The minimum absolute atomic E-state index is 0.0219. The van der Waals surface area contributed by atoms with Gasteiger partial charge in [0.2, 0.25) is 10.0 Å². The minimum atomic E-state index is -3.59. The van der Waals surface area contributed by atoms with E-state index in [1.807, 2.05) is 6.92 Å². The number of rotatable bonds is 7. The highest BCUT2D eigenvalue weighted by Crippen LogP contribution is 2.32. The van der Waals surface area contributed by atoms with Crippen molar-refractivity contribution in [2.24, 2.45) is 5.92 Å². The summed E-state index contributed by atoms with van der Waals surface area (Å²) in [5, 5.41) is 6.00. The Kier molecular flexibility index (Phi) is 5.73. The third kappa shape index (κ3) is 3.87. The number of carbonyl (C=O) groups is 1. The van der Waals surface area contributed by atoms with E-state index in [9.17, 15) is 13.2 Å². The van der Waals surface area contributed by atoms with Crippen LogP contribution in [0.2, 0.25) is 0 Å². The lowest BCUT2D eigenvalue weighted by Crippen LogP contribution is -2.39. The zero-order chi connectivity index (χ0) is 17.9. The summed E-state index contributed by atoms with van der Waals surface area (Å²) < 4.78 is 32.8. The van der Waals surface area contributed by atoms with Gasteiger partial charge in [0.15, 0.2) is 0 Å². The summed E-state index contributed by atoms with van der Waals surface area (Å²) in [5.74, 6) is 0.0957. The lowest BCUT2D eigenvalue weighted by atomic mass is 10.1. The minimum Gasteiger partial charge on any atom is -0.380 e. The number of fused-ring (bicyclic) bond motifs is 1. The number of hydrogen-bond acceptors (Lipinski definition) is 5. The Morgan fingerprint density at radius 1 is 1.40 bits per heavy atom. The van der Waals surface area contributed by atoms with E-state index in [1.165, 1.54) is 6.07 Å². The van der Waals surface area contributed by atoms with Crippen LogP contribution in [0.1, 0.15) is 23.7 Å². The number of benzene rings is 1. The predicted molar refractivity (Wildman–Crippen MR) is 93.9 cm³/mol. The van der Waals surface area contributed by atoms with Gasteiger partial charge in [-0.15, -0.1) is 0 Å². The van der Waals surface area contributed by atoms with Crippen LogP contribution in [0.25, 0.3) is 0 Å². The average Bonchev–Trinajstić information content (AvgIpc) is 3.22. The molecule has 0 spiro atoms. The SMILES string of the molecule is CCOCCNC(=O)c1cccc(S(=O)(=O)N2CC[C@@H]3CNC[C@@H]32)c1. The molecule has 2 heterocycles. The van der Waals surface area contributed by atoms with Gasteiger partial charge in [-0.3, -0.25) is 4.79 Å². The fraction of sp³-hybridized carbons (Fsp3) is 0.588. The molecule has 0 saturated carbocycles. The van der Waals surface area contributed by atoms with Crippen LogP contribution in [0.15, 0.2) is 29.2 Å². The quantitative estimate of drug-likeness (QED) is 0.683. The Bertz CT molecular complexity index is 722. The Labute approximate surface area is 148 Å². The first-order valence-electron chi connectivity index (χ1n) is 8.72. The third-order valence-corrected chi connectivity index (χ3v) is 6.75. The summed E-state index contributed by atoms with van der Waals surface area (Å²) in [7, 11) is -3.59. The van der Waals surface area contributed by atoms with E-state index in [0.717, 1.165) is 13.0 Å². The second-order valence-electron chi connectivity index (χ2n) is 6.37. The Morgan fingerprint density at radius 2 is 2.24 bits per heavy atom. The number of nitrogens with zero attached hydrogens (tertiary/aromatic N) is 1. The number of sulfonamides is 1. The molecule has 0 bridgehead atoms. The van der Waals surface area contributed by atoms with Gasteiger partial charge in [-0.05, 0) is 44.0 Å². The molecule has 2 aliphatic heterocycles. The van der Waals surface area contributed by atoms with Crippen LogP contribution in [0.5, 0.6) is 0 Å². The van der Waals surface area contributed by atoms with Gasteiger partial charge < -0.3 is 15.4 Å². The van der Waals surface area contributed by atoms with Crippen LogP contribution in [-0.4, -0.2) is 64.1 Å². The summed E-state index contributed by atoms with van der Waals surface area (Å²) in [6.45, 7) is 5.43. The van der Waals surface area contributed by atoms with Crippen LogP contribution < -0.4 is 10.6 Å². The zero-order valence-corrected chi connectivity index (χ0v) is 15.2. The fourth-order valence-corrected chi connectivity index (χ4v) is 5.27. The van der Waals surface area contributed by atoms with E-state index in [0.29, 0.717) is 44.3 Å². The summed E-state index contributed by atoms with van der Waals surface area (Å²) in [5.41, 5.74) is 0.345. The molecular formula is C17H25N3O4S. The van der Waals surface area contributed by atoms with Crippen molar-refractivity contribution in [3.63, 3.8) is 0 Å².